The molecule has 0 amide bonds. The summed E-state index contributed by atoms with van der Waals surface area (Å²) in [6.07, 6.45) is 4.35. The third-order valence-electron chi connectivity index (χ3n) is 3.63. The Hall–Kier alpha value is -0.840. The van der Waals surface area contributed by atoms with Crippen LogP contribution in [0.25, 0.3) is 0 Å². The molecule has 2 atom stereocenters. The quantitative estimate of drug-likeness (QED) is 0.838. The highest BCUT2D eigenvalue weighted by molar-refractivity contribution is 5.05. The maximum absolute atomic E-state index is 10.1. The average Bonchev–Trinajstić information content (AvgIpc) is 2.73. The lowest BCUT2D eigenvalue weighted by atomic mass is 9.98. The van der Waals surface area contributed by atoms with Gasteiger partial charge in [0, 0.05) is 13.1 Å². The van der Waals surface area contributed by atoms with Crippen molar-refractivity contribution in [1.29, 1.82) is 0 Å². The zero-order valence-electron chi connectivity index (χ0n) is 10.4. The maximum Gasteiger partial charge on any atom is 0.122 e. The first-order chi connectivity index (χ1) is 8.12. The summed E-state index contributed by atoms with van der Waals surface area (Å²) < 4.78 is 5.45. The molecular weight excluding hydrogens is 216 g/mol. The van der Waals surface area contributed by atoms with Crippen molar-refractivity contribution in [2.45, 2.75) is 37.8 Å². The molecule has 0 bridgehead atoms. The smallest absolute Gasteiger partial charge is 0.122 e. The summed E-state index contributed by atoms with van der Waals surface area (Å²) in [6.45, 7) is 4.31. The Kier molecular flexibility index (Phi) is 3.86. The standard InChI is InChI=1S/C13H22N2O2/c1-13(16)5-3-7-15(8-6-13)11(10-14)12-4-2-9-17-12/h2,4,9,11,16H,3,5-8,10,14H2,1H3. The largest absolute Gasteiger partial charge is 0.468 e. The van der Waals surface area contributed by atoms with Gasteiger partial charge in [0.2, 0.25) is 0 Å². The van der Waals surface area contributed by atoms with E-state index in [2.05, 4.69) is 4.90 Å². The van der Waals surface area contributed by atoms with Gasteiger partial charge in [0.05, 0.1) is 17.9 Å². The van der Waals surface area contributed by atoms with E-state index >= 15 is 0 Å². The topological polar surface area (TPSA) is 62.6 Å². The summed E-state index contributed by atoms with van der Waals surface area (Å²) >= 11 is 0. The average molecular weight is 238 g/mol. The van der Waals surface area contributed by atoms with Crippen LogP contribution in [0.1, 0.15) is 38.0 Å². The molecule has 0 spiro atoms. The van der Waals surface area contributed by atoms with E-state index in [0.29, 0.717) is 6.54 Å². The van der Waals surface area contributed by atoms with Crippen molar-refractivity contribution >= 4 is 0 Å². The summed E-state index contributed by atoms with van der Waals surface area (Å²) in [5.74, 6) is 0.925. The monoisotopic (exact) mass is 238 g/mol. The lowest BCUT2D eigenvalue weighted by Crippen LogP contribution is -2.35. The van der Waals surface area contributed by atoms with E-state index in [1.807, 2.05) is 19.1 Å². The van der Waals surface area contributed by atoms with Gasteiger partial charge in [-0.25, -0.2) is 0 Å². The van der Waals surface area contributed by atoms with Gasteiger partial charge < -0.3 is 15.3 Å². The van der Waals surface area contributed by atoms with Crippen LogP contribution in [0.2, 0.25) is 0 Å². The van der Waals surface area contributed by atoms with Gasteiger partial charge in [0.25, 0.3) is 0 Å². The molecular formula is C13H22N2O2. The van der Waals surface area contributed by atoms with Crippen LogP contribution < -0.4 is 5.73 Å². The number of rotatable bonds is 3. The molecule has 4 nitrogen and oxygen atoms in total. The first-order valence-corrected chi connectivity index (χ1v) is 6.32. The van der Waals surface area contributed by atoms with E-state index in [-0.39, 0.29) is 6.04 Å². The second-order valence-electron chi connectivity index (χ2n) is 5.15. The highest BCUT2D eigenvalue weighted by Gasteiger charge is 2.29. The minimum Gasteiger partial charge on any atom is -0.468 e. The van der Waals surface area contributed by atoms with E-state index < -0.39 is 5.60 Å². The number of nitrogens with two attached hydrogens (primary N) is 1. The summed E-state index contributed by atoms with van der Waals surface area (Å²) in [4.78, 5) is 2.32. The zero-order valence-corrected chi connectivity index (χ0v) is 10.4. The van der Waals surface area contributed by atoms with E-state index in [4.69, 9.17) is 10.2 Å². The first kappa shape index (κ1) is 12.6. The summed E-state index contributed by atoms with van der Waals surface area (Å²) in [5.41, 5.74) is 5.32. The second-order valence-corrected chi connectivity index (χ2v) is 5.15. The van der Waals surface area contributed by atoms with E-state index in [1.54, 1.807) is 6.26 Å². The molecule has 0 radical (unpaired) electrons. The fourth-order valence-electron chi connectivity index (χ4n) is 2.52. The molecule has 1 aliphatic heterocycles. The molecule has 2 unspecified atom stereocenters. The molecule has 1 aliphatic rings. The van der Waals surface area contributed by atoms with Crippen molar-refractivity contribution in [3.63, 3.8) is 0 Å². The van der Waals surface area contributed by atoms with Gasteiger partial charge in [0.15, 0.2) is 0 Å². The molecule has 2 heterocycles. The number of likely N-dealkylation sites (tertiary alicyclic amines) is 1. The summed E-state index contributed by atoms with van der Waals surface area (Å²) in [7, 11) is 0. The second kappa shape index (κ2) is 5.21. The predicted octanol–water partition coefficient (Wildman–Crippen LogP) is 1.52. The summed E-state index contributed by atoms with van der Waals surface area (Å²) in [5, 5.41) is 10.1. The van der Waals surface area contributed by atoms with Crippen molar-refractivity contribution in [1.82, 2.24) is 4.90 Å². The number of furan rings is 1. The van der Waals surface area contributed by atoms with Crippen LogP contribution in [-0.2, 0) is 0 Å². The molecule has 96 valence electrons. The lowest BCUT2D eigenvalue weighted by Gasteiger charge is -2.28. The van der Waals surface area contributed by atoms with Crippen LogP contribution in [0.5, 0.6) is 0 Å². The van der Waals surface area contributed by atoms with E-state index in [0.717, 1.165) is 38.1 Å². The third-order valence-corrected chi connectivity index (χ3v) is 3.63. The van der Waals surface area contributed by atoms with Crippen LogP contribution in [0.15, 0.2) is 22.8 Å². The fraction of sp³-hybridized carbons (Fsp3) is 0.692. The van der Waals surface area contributed by atoms with Crippen LogP contribution >= 0.6 is 0 Å². The van der Waals surface area contributed by atoms with E-state index in [1.165, 1.54) is 0 Å². The number of nitrogens with zero attached hydrogens (tertiary/aromatic N) is 1. The van der Waals surface area contributed by atoms with Gasteiger partial charge in [-0.1, -0.05) is 0 Å². The molecule has 1 saturated heterocycles. The Morgan fingerprint density at radius 2 is 2.35 bits per heavy atom. The van der Waals surface area contributed by atoms with Crippen molar-refractivity contribution < 1.29 is 9.52 Å². The third kappa shape index (κ3) is 3.09. The predicted molar refractivity (Wildman–Crippen MR) is 66.6 cm³/mol. The molecule has 0 aromatic carbocycles. The Labute approximate surface area is 102 Å². The molecule has 0 aliphatic carbocycles. The summed E-state index contributed by atoms with van der Waals surface area (Å²) in [6, 6.07) is 4.01. The number of hydrogen-bond acceptors (Lipinski definition) is 4. The Balaban J connectivity index is 2.05. The maximum atomic E-state index is 10.1. The molecule has 0 saturated carbocycles. The minimum absolute atomic E-state index is 0.138. The lowest BCUT2D eigenvalue weighted by molar-refractivity contribution is 0.0426. The molecule has 4 heteroatoms. The molecule has 17 heavy (non-hydrogen) atoms. The van der Waals surface area contributed by atoms with Crippen molar-refractivity contribution in [3.05, 3.63) is 24.2 Å². The highest BCUT2D eigenvalue weighted by Crippen LogP contribution is 2.27. The molecule has 1 aromatic rings. The van der Waals surface area contributed by atoms with Crippen LogP contribution in [-0.4, -0.2) is 35.2 Å². The molecule has 3 N–H and O–H groups in total. The highest BCUT2D eigenvalue weighted by atomic mass is 16.3. The van der Waals surface area contributed by atoms with Crippen molar-refractivity contribution in [2.24, 2.45) is 5.73 Å². The molecule has 1 aromatic heterocycles. The van der Waals surface area contributed by atoms with Gasteiger partial charge in [0.1, 0.15) is 5.76 Å². The van der Waals surface area contributed by atoms with E-state index in [9.17, 15) is 5.11 Å². The van der Waals surface area contributed by atoms with Gasteiger partial charge in [-0.2, -0.15) is 0 Å². The zero-order chi connectivity index (χ0) is 12.3. The Morgan fingerprint density at radius 1 is 1.53 bits per heavy atom. The van der Waals surface area contributed by atoms with Gasteiger partial charge in [-0.3, -0.25) is 4.90 Å². The minimum atomic E-state index is -0.531. The first-order valence-electron chi connectivity index (χ1n) is 6.32. The SMILES string of the molecule is CC1(O)CCCN(C(CN)c2ccco2)CC1. The fourth-order valence-corrected chi connectivity index (χ4v) is 2.52. The van der Waals surface area contributed by atoms with Gasteiger partial charge in [-0.05, 0) is 44.9 Å². The van der Waals surface area contributed by atoms with Crippen LogP contribution in [0.4, 0.5) is 0 Å². The number of aliphatic hydroxyl groups is 1. The Morgan fingerprint density at radius 3 is 3.00 bits per heavy atom. The molecule has 2 rings (SSSR count). The van der Waals surface area contributed by atoms with Gasteiger partial charge in [-0.15, -0.1) is 0 Å². The van der Waals surface area contributed by atoms with Crippen molar-refractivity contribution in [2.75, 3.05) is 19.6 Å². The van der Waals surface area contributed by atoms with Gasteiger partial charge >= 0.3 is 0 Å². The molecule has 1 fully saturated rings. The van der Waals surface area contributed by atoms with Crippen molar-refractivity contribution in [3.8, 4) is 0 Å². The van der Waals surface area contributed by atoms with Crippen LogP contribution in [0.3, 0.4) is 0 Å². The number of hydrogen-bond donors (Lipinski definition) is 2. The van der Waals surface area contributed by atoms with Crippen LogP contribution in [0, 0.1) is 0 Å². The normalized spacial score (nSPS) is 28.9. The Bertz CT molecular complexity index is 335.